The van der Waals surface area contributed by atoms with Crippen LogP contribution in [0.5, 0.6) is 0 Å². The molecule has 0 aromatic carbocycles. The van der Waals surface area contributed by atoms with Crippen molar-refractivity contribution in [3.05, 3.63) is 43.4 Å². The standard InChI is InChI=1S/C18H22IN7O/c1-4-13-12(19)7-8-14(20-13)17-15(25(3)23-21-17)10-26-18(27)24(2)16(22-26)9-11-5-6-11/h7-8,11H,4-6,9-10H2,1-3H3. The lowest BCUT2D eigenvalue weighted by molar-refractivity contribution is 0.589. The number of pyridine rings is 1. The lowest BCUT2D eigenvalue weighted by Crippen LogP contribution is -2.25. The Labute approximate surface area is 170 Å². The van der Waals surface area contributed by atoms with Crippen molar-refractivity contribution in [2.45, 2.75) is 39.2 Å². The summed E-state index contributed by atoms with van der Waals surface area (Å²) in [5.41, 5.74) is 3.22. The molecule has 0 aliphatic heterocycles. The molecule has 3 aromatic rings. The van der Waals surface area contributed by atoms with Crippen LogP contribution in [0, 0.1) is 9.49 Å². The van der Waals surface area contributed by atoms with Gasteiger partial charge in [0.25, 0.3) is 0 Å². The van der Waals surface area contributed by atoms with Crippen LogP contribution in [0.3, 0.4) is 0 Å². The summed E-state index contributed by atoms with van der Waals surface area (Å²) < 4.78 is 5.99. The molecule has 0 spiro atoms. The van der Waals surface area contributed by atoms with E-state index in [0.717, 1.165) is 39.3 Å². The quantitative estimate of drug-likeness (QED) is 0.505. The van der Waals surface area contributed by atoms with E-state index >= 15 is 0 Å². The summed E-state index contributed by atoms with van der Waals surface area (Å²) in [4.78, 5) is 17.4. The van der Waals surface area contributed by atoms with Gasteiger partial charge in [0.05, 0.1) is 23.6 Å². The third-order valence-corrected chi connectivity index (χ3v) is 6.02. The summed E-state index contributed by atoms with van der Waals surface area (Å²) in [6.45, 7) is 2.41. The molecular weight excluding hydrogens is 457 g/mol. The maximum atomic E-state index is 12.6. The van der Waals surface area contributed by atoms with Gasteiger partial charge < -0.3 is 0 Å². The van der Waals surface area contributed by atoms with Gasteiger partial charge in [0.15, 0.2) is 0 Å². The van der Waals surface area contributed by atoms with Crippen LogP contribution >= 0.6 is 22.6 Å². The van der Waals surface area contributed by atoms with Crippen molar-refractivity contribution in [3.8, 4) is 11.4 Å². The highest BCUT2D eigenvalue weighted by molar-refractivity contribution is 14.1. The summed E-state index contributed by atoms with van der Waals surface area (Å²) in [5, 5.41) is 13.0. The van der Waals surface area contributed by atoms with Crippen molar-refractivity contribution in [2.75, 3.05) is 0 Å². The minimum Gasteiger partial charge on any atom is -0.282 e. The molecule has 27 heavy (non-hydrogen) atoms. The highest BCUT2D eigenvalue weighted by atomic mass is 127. The fourth-order valence-corrected chi connectivity index (χ4v) is 3.83. The lowest BCUT2D eigenvalue weighted by atomic mass is 10.2. The summed E-state index contributed by atoms with van der Waals surface area (Å²) >= 11 is 2.29. The van der Waals surface area contributed by atoms with Crippen LogP contribution in [0.15, 0.2) is 16.9 Å². The Morgan fingerprint density at radius 1 is 1.26 bits per heavy atom. The van der Waals surface area contributed by atoms with Gasteiger partial charge in [0, 0.05) is 24.1 Å². The molecule has 0 N–H and O–H groups in total. The third-order valence-electron chi connectivity index (χ3n) is 5.04. The average molecular weight is 479 g/mol. The van der Waals surface area contributed by atoms with Crippen molar-refractivity contribution in [2.24, 2.45) is 20.0 Å². The number of hydrogen-bond acceptors (Lipinski definition) is 5. The van der Waals surface area contributed by atoms with Gasteiger partial charge in [-0.25, -0.2) is 19.1 Å². The van der Waals surface area contributed by atoms with Crippen molar-refractivity contribution in [1.82, 2.24) is 34.3 Å². The fraction of sp³-hybridized carbons (Fsp3) is 0.500. The van der Waals surface area contributed by atoms with E-state index in [-0.39, 0.29) is 5.69 Å². The Hall–Kier alpha value is -2.04. The van der Waals surface area contributed by atoms with E-state index in [0.29, 0.717) is 18.2 Å². The molecule has 0 radical (unpaired) electrons. The van der Waals surface area contributed by atoms with Gasteiger partial charge in [0.1, 0.15) is 11.5 Å². The van der Waals surface area contributed by atoms with Crippen LogP contribution in [0.4, 0.5) is 0 Å². The molecule has 0 bridgehead atoms. The van der Waals surface area contributed by atoms with E-state index in [2.05, 4.69) is 44.9 Å². The largest absolute Gasteiger partial charge is 0.346 e. The Balaban J connectivity index is 1.70. The zero-order chi connectivity index (χ0) is 19.1. The molecule has 3 heterocycles. The smallest absolute Gasteiger partial charge is 0.282 e. The van der Waals surface area contributed by atoms with E-state index in [1.165, 1.54) is 17.5 Å². The number of rotatable bonds is 6. The molecule has 1 fully saturated rings. The monoisotopic (exact) mass is 479 g/mol. The van der Waals surface area contributed by atoms with Crippen LogP contribution in [0.2, 0.25) is 0 Å². The van der Waals surface area contributed by atoms with Crippen molar-refractivity contribution in [1.29, 1.82) is 0 Å². The minimum absolute atomic E-state index is 0.109. The molecule has 0 amide bonds. The van der Waals surface area contributed by atoms with Gasteiger partial charge in [-0.2, -0.15) is 5.10 Å². The van der Waals surface area contributed by atoms with Crippen molar-refractivity contribution >= 4 is 22.6 Å². The van der Waals surface area contributed by atoms with Gasteiger partial charge in [-0.05, 0) is 59.9 Å². The normalized spacial score (nSPS) is 14.1. The predicted molar refractivity (Wildman–Crippen MR) is 109 cm³/mol. The van der Waals surface area contributed by atoms with E-state index < -0.39 is 0 Å². The molecular formula is C18H22IN7O. The zero-order valence-corrected chi connectivity index (χ0v) is 17.8. The molecule has 1 saturated carbocycles. The van der Waals surface area contributed by atoms with Crippen LogP contribution in [-0.2, 0) is 33.5 Å². The van der Waals surface area contributed by atoms with Gasteiger partial charge in [-0.1, -0.05) is 12.1 Å². The van der Waals surface area contributed by atoms with E-state index in [1.54, 1.807) is 16.3 Å². The Bertz CT molecular complexity index is 1040. The SMILES string of the molecule is CCc1nc(-c2nnn(C)c2Cn2nc(CC3CC3)n(C)c2=O)ccc1I. The molecule has 0 saturated heterocycles. The fourth-order valence-electron chi connectivity index (χ4n) is 3.15. The molecule has 0 unspecified atom stereocenters. The lowest BCUT2D eigenvalue weighted by Gasteiger charge is -2.06. The predicted octanol–water partition coefficient (Wildman–Crippen LogP) is 1.94. The molecule has 142 valence electrons. The topological polar surface area (TPSA) is 83.4 Å². The van der Waals surface area contributed by atoms with Crippen molar-refractivity contribution < 1.29 is 0 Å². The molecule has 1 aliphatic rings. The number of aryl methyl sites for hydroxylation is 2. The number of hydrogen-bond donors (Lipinski definition) is 0. The molecule has 4 rings (SSSR count). The van der Waals surface area contributed by atoms with Gasteiger partial charge in [-0.3, -0.25) is 4.57 Å². The summed E-state index contributed by atoms with van der Waals surface area (Å²) in [7, 11) is 3.62. The Morgan fingerprint density at radius 2 is 2.04 bits per heavy atom. The molecule has 0 atom stereocenters. The first-order chi connectivity index (χ1) is 13.0. The molecule has 8 nitrogen and oxygen atoms in total. The van der Waals surface area contributed by atoms with E-state index in [9.17, 15) is 4.79 Å². The highest BCUT2D eigenvalue weighted by Gasteiger charge is 2.25. The Kier molecular flexibility index (Phi) is 4.87. The van der Waals surface area contributed by atoms with Crippen LogP contribution in [0.1, 0.15) is 37.0 Å². The first-order valence-corrected chi connectivity index (χ1v) is 10.2. The molecule has 3 aromatic heterocycles. The second-order valence-corrected chi connectivity index (χ2v) is 8.21. The van der Waals surface area contributed by atoms with Crippen LogP contribution in [0.25, 0.3) is 11.4 Å². The second kappa shape index (κ2) is 7.17. The van der Waals surface area contributed by atoms with E-state index in [1.807, 2.05) is 19.2 Å². The zero-order valence-electron chi connectivity index (χ0n) is 15.7. The third kappa shape index (κ3) is 3.56. The van der Waals surface area contributed by atoms with Gasteiger partial charge in [-0.15, -0.1) is 5.10 Å². The summed E-state index contributed by atoms with van der Waals surface area (Å²) in [6.07, 6.45) is 4.18. The summed E-state index contributed by atoms with van der Waals surface area (Å²) in [5.74, 6) is 1.52. The number of halogens is 1. The second-order valence-electron chi connectivity index (χ2n) is 7.05. The van der Waals surface area contributed by atoms with Crippen LogP contribution < -0.4 is 5.69 Å². The molecule has 1 aliphatic carbocycles. The molecule has 9 heteroatoms. The average Bonchev–Trinajstić information content (AvgIpc) is 3.36. The number of nitrogens with zero attached hydrogens (tertiary/aromatic N) is 7. The first kappa shape index (κ1) is 18.3. The van der Waals surface area contributed by atoms with Gasteiger partial charge >= 0.3 is 5.69 Å². The number of aromatic nitrogens is 7. The maximum Gasteiger partial charge on any atom is 0.346 e. The maximum absolute atomic E-state index is 12.6. The van der Waals surface area contributed by atoms with Crippen molar-refractivity contribution in [3.63, 3.8) is 0 Å². The van der Waals surface area contributed by atoms with Crippen LogP contribution in [-0.4, -0.2) is 34.3 Å². The summed E-state index contributed by atoms with van der Waals surface area (Å²) in [6, 6.07) is 4.00. The van der Waals surface area contributed by atoms with Gasteiger partial charge in [0.2, 0.25) is 0 Å². The highest BCUT2D eigenvalue weighted by Crippen LogP contribution is 2.31. The Morgan fingerprint density at radius 3 is 2.74 bits per heavy atom. The van der Waals surface area contributed by atoms with E-state index in [4.69, 9.17) is 4.98 Å². The first-order valence-electron chi connectivity index (χ1n) is 9.15. The minimum atomic E-state index is -0.109.